The van der Waals surface area contributed by atoms with Crippen LogP contribution in [-0.2, 0) is 0 Å². The molecular formula is C14H17F2NO. The van der Waals surface area contributed by atoms with Gasteiger partial charge in [-0.05, 0) is 31.4 Å². The fourth-order valence-electron chi connectivity index (χ4n) is 2.21. The number of benzene rings is 1. The fraction of sp³-hybridized carbons (Fsp3) is 0.429. The lowest BCUT2D eigenvalue weighted by Gasteiger charge is -2.20. The smallest absolute Gasteiger partial charge is 0.130 e. The number of hydrogen-bond donors (Lipinski definition) is 2. The Morgan fingerprint density at radius 2 is 2.00 bits per heavy atom. The highest BCUT2D eigenvalue weighted by Gasteiger charge is 2.17. The van der Waals surface area contributed by atoms with Crippen LogP contribution in [0.3, 0.4) is 0 Å². The third-order valence-electron chi connectivity index (χ3n) is 3.28. The molecule has 4 heteroatoms. The molecule has 2 nitrogen and oxygen atoms in total. The van der Waals surface area contributed by atoms with Gasteiger partial charge < -0.3 is 10.4 Å². The topological polar surface area (TPSA) is 32.3 Å². The molecule has 0 saturated carbocycles. The van der Waals surface area contributed by atoms with Gasteiger partial charge in [0.1, 0.15) is 11.6 Å². The van der Waals surface area contributed by atoms with Gasteiger partial charge in [0, 0.05) is 11.6 Å². The maximum atomic E-state index is 13.6. The Labute approximate surface area is 105 Å². The van der Waals surface area contributed by atoms with E-state index in [1.807, 2.05) is 0 Å². The van der Waals surface area contributed by atoms with Gasteiger partial charge >= 0.3 is 0 Å². The monoisotopic (exact) mass is 253 g/mol. The molecule has 2 rings (SSSR count). The minimum absolute atomic E-state index is 0.206. The first kappa shape index (κ1) is 13.2. The zero-order chi connectivity index (χ0) is 13.0. The molecule has 2 N–H and O–H groups in total. The Bertz CT molecular complexity index is 426. The van der Waals surface area contributed by atoms with Gasteiger partial charge in [-0.3, -0.25) is 0 Å². The second kappa shape index (κ2) is 6.07. The molecular weight excluding hydrogens is 236 g/mol. The van der Waals surface area contributed by atoms with Gasteiger partial charge in [-0.2, -0.15) is 0 Å². The van der Waals surface area contributed by atoms with E-state index in [1.165, 1.54) is 12.1 Å². The third kappa shape index (κ3) is 3.15. The lowest BCUT2D eigenvalue weighted by molar-refractivity contribution is 0.236. The van der Waals surface area contributed by atoms with Crippen molar-refractivity contribution in [2.75, 3.05) is 13.2 Å². The van der Waals surface area contributed by atoms with Crippen LogP contribution < -0.4 is 5.32 Å². The zero-order valence-electron chi connectivity index (χ0n) is 10.1. The van der Waals surface area contributed by atoms with Gasteiger partial charge in [0.25, 0.3) is 0 Å². The van der Waals surface area contributed by atoms with Crippen LogP contribution in [0.15, 0.2) is 30.4 Å². The lowest BCUT2D eigenvalue weighted by Crippen LogP contribution is -2.29. The molecule has 1 aromatic carbocycles. The molecule has 0 bridgehead atoms. The van der Waals surface area contributed by atoms with Gasteiger partial charge in [0.15, 0.2) is 0 Å². The summed E-state index contributed by atoms with van der Waals surface area (Å²) in [6.45, 7) is 0.512. The molecule has 0 aliphatic heterocycles. The van der Waals surface area contributed by atoms with Crippen molar-refractivity contribution in [2.24, 2.45) is 5.92 Å². The summed E-state index contributed by atoms with van der Waals surface area (Å²) in [5.41, 5.74) is 0.310. The molecule has 0 saturated heterocycles. The van der Waals surface area contributed by atoms with Crippen LogP contribution in [0.25, 0.3) is 0 Å². The third-order valence-corrected chi connectivity index (χ3v) is 3.28. The average molecular weight is 253 g/mol. The molecule has 1 aromatic rings. The van der Waals surface area contributed by atoms with Crippen molar-refractivity contribution < 1.29 is 13.9 Å². The molecule has 0 aromatic heterocycles. The van der Waals surface area contributed by atoms with Crippen LogP contribution in [0, 0.1) is 17.6 Å². The summed E-state index contributed by atoms with van der Waals surface area (Å²) >= 11 is 0. The summed E-state index contributed by atoms with van der Waals surface area (Å²) in [6.07, 6.45) is 6.27. The maximum absolute atomic E-state index is 13.6. The van der Waals surface area contributed by atoms with Crippen molar-refractivity contribution >= 4 is 0 Å². The minimum Gasteiger partial charge on any atom is -0.394 e. The molecule has 1 atom stereocenters. The van der Waals surface area contributed by atoms with Crippen molar-refractivity contribution in [3.05, 3.63) is 47.5 Å². The Morgan fingerprint density at radius 3 is 2.61 bits per heavy atom. The van der Waals surface area contributed by atoms with Crippen LogP contribution in [0.5, 0.6) is 0 Å². The van der Waals surface area contributed by atoms with Crippen LogP contribution >= 0.6 is 0 Å². The van der Waals surface area contributed by atoms with Crippen molar-refractivity contribution in [1.29, 1.82) is 0 Å². The molecule has 1 aliphatic rings. The highest BCUT2D eigenvalue weighted by atomic mass is 19.1. The second-order valence-electron chi connectivity index (χ2n) is 4.62. The quantitative estimate of drug-likeness (QED) is 0.790. The number of nitrogens with one attached hydrogen (secondary N) is 1. The SMILES string of the molecule is OC[C@H](NCC1CC=CC1)c1ccc(F)cc1F. The van der Waals surface area contributed by atoms with Gasteiger partial charge in [-0.15, -0.1) is 0 Å². The standard InChI is InChI=1S/C14H17F2NO/c15-11-5-6-12(13(16)7-11)14(9-18)17-8-10-3-1-2-4-10/h1-2,5-7,10,14,17-18H,3-4,8-9H2/t14-/m0/s1. The molecule has 0 heterocycles. The van der Waals surface area contributed by atoms with Crippen LogP contribution in [0.2, 0.25) is 0 Å². The lowest BCUT2D eigenvalue weighted by atomic mass is 10.0. The van der Waals surface area contributed by atoms with Crippen LogP contribution in [-0.4, -0.2) is 18.3 Å². The molecule has 0 spiro atoms. The minimum atomic E-state index is -0.619. The number of aliphatic hydroxyl groups is 1. The predicted molar refractivity (Wildman–Crippen MR) is 66.1 cm³/mol. The van der Waals surface area contributed by atoms with E-state index in [2.05, 4.69) is 17.5 Å². The number of halogens is 2. The molecule has 18 heavy (non-hydrogen) atoms. The van der Waals surface area contributed by atoms with E-state index in [-0.39, 0.29) is 6.61 Å². The summed E-state index contributed by atoms with van der Waals surface area (Å²) in [6, 6.07) is 2.95. The first-order chi connectivity index (χ1) is 8.70. The Balaban J connectivity index is 1.98. The van der Waals surface area contributed by atoms with E-state index in [4.69, 9.17) is 0 Å². The number of hydrogen-bond acceptors (Lipinski definition) is 2. The molecule has 0 radical (unpaired) electrons. The Hall–Kier alpha value is -1.26. The predicted octanol–water partition coefficient (Wildman–Crippen LogP) is 2.55. The van der Waals surface area contributed by atoms with Crippen molar-refractivity contribution in [2.45, 2.75) is 18.9 Å². The van der Waals surface area contributed by atoms with E-state index in [0.29, 0.717) is 11.5 Å². The van der Waals surface area contributed by atoms with Gasteiger partial charge in [-0.25, -0.2) is 8.78 Å². The average Bonchev–Trinajstić information content (AvgIpc) is 2.85. The van der Waals surface area contributed by atoms with Gasteiger partial charge in [0.2, 0.25) is 0 Å². The summed E-state index contributed by atoms with van der Waals surface area (Å²) < 4.78 is 26.4. The number of rotatable bonds is 5. The fourth-order valence-corrected chi connectivity index (χ4v) is 2.21. The molecule has 1 aliphatic carbocycles. The van der Waals surface area contributed by atoms with Gasteiger partial charge in [0.05, 0.1) is 12.6 Å². The largest absolute Gasteiger partial charge is 0.394 e. The van der Waals surface area contributed by atoms with E-state index in [1.54, 1.807) is 0 Å². The molecule has 0 fully saturated rings. The van der Waals surface area contributed by atoms with Crippen molar-refractivity contribution in [1.82, 2.24) is 5.32 Å². The van der Waals surface area contributed by atoms with Crippen LogP contribution in [0.4, 0.5) is 8.78 Å². The zero-order valence-corrected chi connectivity index (χ0v) is 10.1. The number of aliphatic hydroxyl groups excluding tert-OH is 1. The first-order valence-electron chi connectivity index (χ1n) is 6.15. The van der Waals surface area contributed by atoms with Crippen molar-refractivity contribution in [3.63, 3.8) is 0 Å². The van der Waals surface area contributed by atoms with E-state index < -0.39 is 17.7 Å². The summed E-state index contributed by atoms with van der Waals surface area (Å²) in [5, 5.41) is 12.4. The normalized spacial score (nSPS) is 17.3. The Morgan fingerprint density at radius 1 is 1.28 bits per heavy atom. The highest BCUT2D eigenvalue weighted by Crippen LogP contribution is 2.21. The highest BCUT2D eigenvalue weighted by molar-refractivity contribution is 5.22. The van der Waals surface area contributed by atoms with E-state index in [0.717, 1.165) is 25.5 Å². The molecule has 0 unspecified atom stereocenters. The van der Waals surface area contributed by atoms with Crippen molar-refractivity contribution in [3.8, 4) is 0 Å². The van der Waals surface area contributed by atoms with Gasteiger partial charge in [-0.1, -0.05) is 18.2 Å². The Kier molecular flexibility index (Phi) is 4.44. The van der Waals surface area contributed by atoms with E-state index >= 15 is 0 Å². The second-order valence-corrected chi connectivity index (χ2v) is 4.62. The summed E-state index contributed by atoms with van der Waals surface area (Å²) in [4.78, 5) is 0. The maximum Gasteiger partial charge on any atom is 0.130 e. The number of allylic oxidation sites excluding steroid dienone is 2. The van der Waals surface area contributed by atoms with Crippen LogP contribution in [0.1, 0.15) is 24.4 Å². The summed E-state index contributed by atoms with van der Waals surface area (Å²) in [7, 11) is 0. The molecule has 0 amide bonds. The molecule has 98 valence electrons. The van der Waals surface area contributed by atoms with E-state index in [9.17, 15) is 13.9 Å². The first-order valence-corrected chi connectivity index (χ1v) is 6.15. The summed E-state index contributed by atoms with van der Waals surface area (Å²) in [5.74, 6) is -0.721.